The first-order valence-electron chi connectivity index (χ1n) is 10.5. The summed E-state index contributed by atoms with van der Waals surface area (Å²) in [6, 6.07) is 7.59. The molecule has 1 saturated heterocycles. The maximum Gasteiger partial charge on any atom is 0.289 e. The Bertz CT molecular complexity index is 1030. The van der Waals surface area contributed by atoms with Gasteiger partial charge in [0.25, 0.3) is 11.8 Å². The Balaban J connectivity index is 1.20. The number of carbonyl (C=O) groups is 2. The van der Waals surface area contributed by atoms with Crippen molar-refractivity contribution in [2.75, 3.05) is 26.2 Å². The van der Waals surface area contributed by atoms with Gasteiger partial charge in [-0.25, -0.2) is 14.4 Å². The van der Waals surface area contributed by atoms with E-state index in [0.717, 1.165) is 18.4 Å². The van der Waals surface area contributed by atoms with Crippen molar-refractivity contribution >= 4 is 23.5 Å². The van der Waals surface area contributed by atoms with Gasteiger partial charge in [0.1, 0.15) is 0 Å². The van der Waals surface area contributed by atoms with Crippen LogP contribution in [0.15, 0.2) is 53.0 Å². The summed E-state index contributed by atoms with van der Waals surface area (Å²) in [7, 11) is 0. The minimum atomic E-state index is -1.70. The molecule has 3 aliphatic rings. The summed E-state index contributed by atoms with van der Waals surface area (Å²) in [6.45, 7) is 2.72. The Morgan fingerprint density at radius 2 is 1.81 bits per heavy atom. The number of rotatable bonds is 4. The van der Waals surface area contributed by atoms with Crippen LogP contribution in [0.5, 0.6) is 0 Å². The molecule has 1 saturated carbocycles. The molecule has 1 aliphatic carbocycles. The van der Waals surface area contributed by atoms with Gasteiger partial charge in [0.2, 0.25) is 12.1 Å². The maximum absolute atomic E-state index is 14.1. The second kappa shape index (κ2) is 8.05. The lowest BCUT2D eigenvalue weighted by Crippen LogP contribution is -2.51. The lowest BCUT2D eigenvalue weighted by atomic mass is 10.1. The molecule has 0 bridgehead atoms. The number of halogens is 1. The van der Waals surface area contributed by atoms with Gasteiger partial charge in [0, 0.05) is 56.6 Å². The minimum Gasteiger partial charge on any atom is -0.337 e. The van der Waals surface area contributed by atoms with Crippen LogP contribution in [-0.4, -0.2) is 75.2 Å². The van der Waals surface area contributed by atoms with Crippen molar-refractivity contribution in [3.63, 3.8) is 0 Å². The van der Waals surface area contributed by atoms with E-state index < -0.39 is 12.1 Å². The van der Waals surface area contributed by atoms with E-state index in [1.54, 1.807) is 17.4 Å². The molecule has 0 N–H and O–H groups in total. The SMILES string of the molecule is O=C1N=C(N2CCN(C(=O)c3ccc(Cn4ccnc4)cc3)CC2)N=C(C2CC2)C1F. The van der Waals surface area contributed by atoms with E-state index in [1.165, 1.54) is 0 Å². The number of amides is 2. The van der Waals surface area contributed by atoms with Gasteiger partial charge in [-0.15, -0.1) is 0 Å². The summed E-state index contributed by atoms with van der Waals surface area (Å²) in [5.41, 5.74) is 2.06. The number of carbonyl (C=O) groups excluding carboxylic acids is 2. The first kappa shape index (κ1) is 19.6. The topological polar surface area (TPSA) is 83.2 Å². The third-order valence-electron chi connectivity index (χ3n) is 5.89. The molecule has 1 aromatic heterocycles. The molecule has 31 heavy (non-hydrogen) atoms. The van der Waals surface area contributed by atoms with Crippen LogP contribution in [0, 0.1) is 5.92 Å². The molecule has 1 atom stereocenters. The molecular weight excluding hydrogens is 399 g/mol. The first-order chi connectivity index (χ1) is 15.1. The number of alkyl halides is 1. The number of aliphatic imine (C=N–C) groups is 2. The Morgan fingerprint density at radius 1 is 1.06 bits per heavy atom. The normalized spacial score (nSPS) is 21.7. The van der Waals surface area contributed by atoms with Crippen molar-refractivity contribution in [1.29, 1.82) is 0 Å². The van der Waals surface area contributed by atoms with Crippen LogP contribution < -0.4 is 0 Å². The van der Waals surface area contributed by atoms with E-state index in [0.29, 0.717) is 44.0 Å². The summed E-state index contributed by atoms with van der Waals surface area (Å²) in [6.07, 6.45) is 5.45. The smallest absolute Gasteiger partial charge is 0.289 e. The van der Waals surface area contributed by atoms with Crippen molar-refractivity contribution < 1.29 is 14.0 Å². The number of benzene rings is 1. The van der Waals surface area contributed by atoms with Crippen molar-refractivity contribution in [2.24, 2.45) is 15.9 Å². The van der Waals surface area contributed by atoms with E-state index in [1.807, 2.05) is 39.9 Å². The van der Waals surface area contributed by atoms with Gasteiger partial charge in [-0.3, -0.25) is 9.59 Å². The van der Waals surface area contributed by atoms with E-state index in [2.05, 4.69) is 15.0 Å². The third kappa shape index (κ3) is 4.12. The lowest BCUT2D eigenvalue weighted by Gasteiger charge is -2.36. The Kier molecular flexibility index (Phi) is 5.09. The average molecular weight is 422 g/mol. The standard InChI is InChI=1S/C22H23FN6O2/c23-18-19(16-5-6-16)25-22(26-20(18)30)29-11-9-28(10-12-29)21(31)17-3-1-15(2-4-17)13-27-8-7-24-14-27/h1-4,7-8,14,16,18H,5-6,9-13H2. The van der Waals surface area contributed by atoms with Crippen LogP contribution in [0.2, 0.25) is 0 Å². The number of guanidine groups is 1. The fourth-order valence-corrected chi connectivity index (χ4v) is 3.93. The number of hydrogen-bond donors (Lipinski definition) is 0. The summed E-state index contributed by atoms with van der Waals surface area (Å²) in [5.74, 6) is -0.427. The van der Waals surface area contributed by atoms with Crippen LogP contribution in [0.3, 0.4) is 0 Å². The number of piperazine rings is 1. The van der Waals surface area contributed by atoms with Crippen LogP contribution >= 0.6 is 0 Å². The molecule has 8 nitrogen and oxygen atoms in total. The zero-order valence-electron chi connectivity index (χ0n) is 17.0. The average Bonchev–Trinajstić information content (AvgIpc) is 3.52. The fourth-order valence-electron chi connectivity index (χ4n) is 3.93. The predicted octanol–water partition coefficient (Wildman–Crippen LogP) is 1.77. The van der Waals surface area contributed by atoms with Crippen LogP contribution in [0.1, 0.15) is 28.8 Å². The van der Waals surface area contributed by atoms with E-state index in [-0.39, 0.29) is 17.8 Å². The van der Waals surface area contributed by atoms with E-state index >= 15 is 0 Å². The van der Waals surface area contributed by atoms with Gasteiger partial charge in [-0.05, 0) is 30.5 Å². The molecule has 1 unspecified atom stereocenters. The molecule has 0 spiro atoms. The van der Waals surface area contributed by atoms with Crippen LogP contribution in [0.25, 0.3) is 0 Å². The third-order valence-corrected chi connectivity index (χ3v) is 5.89. The first-order valence-corrected chi connectivity index (χ1v) is 10.5. The molecule has 5 rings (SSSR count). The zero-order chi connectivity index (χ0) is 21.4. The van der Waals surface area contributed by atoms with Crippen LogP contribution in [0.4, 0.5) is 4.39 Å². The number of hydrogen-bond acceptors (Lipinski definition) is 5. The number of aromatic nitrogens is 2. The Hall–Kier alpha value is -3.36. The highest BCUT2D eigenvalue weighted by Crippen LogP contribution is 2.34. The van der Waals surface area contributed by atoms with Crippen molar-refractivity contribution in [3.8, 4) is 0 Å². The van der Waals surface area contributed by atoms with Crippen molar-refractivity contribution in [1.82, 2.24) is 19.4 Å². The summed E-state index contributed by atoms with van der Waals surface area (Å²) in [4.78, 5) is 40.7. The second-order valence-corrected chi connectivity index (χ2v) is 8.13. The van der Waals surface area contributed by atoms with E-state index in [4.69, 9.17) is 0 Å². The highest BCUT2D eigenvalue weighted by Gasteiger charge is 2.40. The lowest BCUT2D eigenvalue weighted by molar-refractivity contribution is -0.120. The molecule has 3 heterocycles. The molecule has 160 valence electrons. The highest BCUT2D eigenvalue weighted by molar-refractivity contribution is 6.18. The van der Waals surface area contributed by atoms with Crippen molar-refractivity contribution in [2.45, 2.75) is 25.6 Å². The second-order valence-electron chi connectivity index (χ2n) is 8.13. The van der Waals surface area contributed by atoms with Gasteiger partial charge in [0.15, 0.2) is 0 Å². The Labute approximate surface area is 179 Å². The van der Waals surface area contributed by atoms with Crippen LogP contribution in [-0.2, 0) is 11.3 Å². The van der Waals surface area contributed by atoms with Crippen molar-refractivity contribution in [3.05, 3.63) is 54.1 Å². The van der Waals surface area contributed by atoms with Gasteiger partial charge in [-0.2, -0.15) is 4.99 Å². The number of imidazole rings is 1. The fraction of sp³-hybridized carbons (Fsp3) is 0.409. The molecule has 2 aliphatic heterocycles. The molecule has 9 heteroatoms. The zero-order valence-corrected chi connectivity index (χ0v) is 17.0. The predicted molar refractivity (Wildman–Crippen MR) is 113 cm³/mol. The summed E-state index contributed by atoms with van der Waals surface area (Å²) in [5, 5.41) is 0. The van der Waals surface area contributed by atoms with E-state index in [9.17, 15) is 14.0 Å². The summed E-state index contributed by atoms with van der Waals surface area (Å²) < 4.78 is 16.1. The maximum atomic E-state index is 14.1. The van der Waals surface area contributed by atoms with Gasteiger partial charge < -0.3 is 14.4 Å². The summed E-state index contributed by atoms with van der Waals surface area (Å²) >= 11 is 0. The molecule has 2 aromatic rings. The minimum absolute atomic E-state index is 0.0264. The monoisotopic (exact) mass is 422 g/mol. The Morgan fingerprint density at radius 3 is 2.45 bits per heavy atom. The number of nitrogens with zero attached hydrogens (tertiary/aromatic N) is 6. The quantitative estimate of drug-likeness (QED) is 0.752. The molecule has 2 amide bonds. The molecule has 1 aromatic carbocycles. The molecular formula is C22H23FN6O2. The highest BCUT2D eigenvalue weighted by atomic mass is 19.1. The van der Waals surface area contributed by atoms with Gasteiger partial charge in [0.05, 0.1) is 12.0 Å². The van der Waals surface area contributed by atoms with Gasteiger partial charge in [-0.1, -0.05) is 12.1 Å². The van der Waals surface area contributed by atoms with Gasteiger partial charge >= 0.3 is 0 Å². The molecule has 2 fully saturated rings. The largest absolute Gasteiger partial charge is 0.337 e. The molecule has 0 radical (unpaired) electrons.